The van der Waals surface area contributed by atoms with Gasteiger partial charge in [-0.25, -0.2) is 0 Å². The maximum atomic E-state index is 13.1. The Morgan fingerprint density at radius 1 is 1.08 bits per heavy atom. The van der Waals surface area contributed by atoms with Gasteiger partial charge in [0.15, 0.2) is 0 Å². The van der Waals surface area contributed by atoms with Crippen LogP contribution in [0.4, 0.5) is 4.79 Å². The molecule has 0 saturated carbocycles. The molecule has 36 heavy (non-hydrogen) atoms. The molecule has 2 aromatic carbocycles. The van der Waals surface area contributed by atoms with Gasteiger partial charge in [0.1, 0.15) is 18.9 Å². The lowest BCUT2D eigenvalue weighted by Crippen LogP contribution is -2.43. The van der Waals surface area contributed by atoms with Crippen LogP contribution in [0.1, 0.15) is 31.7 Å². The minimum Gasteiger partial charge on any atom is -0.492 e. The van der Waals surface area contributed by atoms with Crippen LogP contribution in [0, 0.1) is 0 Å². The van der Waals surface area contributed by atoms with Crippen LogP contribution in [0.25, 0.3) is 17.0 Å². The SMILES string of the molecule is C[C@H]1CCCCN1C(=O)Cn1cc(/C=C2\SC(=O)N(CCOc3ccccc3)C2=O)c2ccccc21. The van der Waals surface area contributed by atoms with Crippen LogP contribution in [0.15, 0.2) is 65.7 Å². The molecule has 0 radical (unpaired) electrons. The first kappa shape index (κ1) is 24.2. The summed E-state index contributed by atoms with van der Waals surface area (Å²) in [5, 5.41) is 0.636. The second-order valence-corrected chi connectivity index (χ2v) is 10.1. The first-order valence-corrected chi connectivity index (χ1v) is 13.1. The molecule has 3 heterocycles. The summed E-state index contributed by atoms with van der Waals surface area (Å²) >= 11 is 0.936. The second kappa shape index (κ2) is 10.6. The van der Waals surface area contributed by atoms with Crippen molar-refractivity contribution in [2.45, 2.75) is 38.8 Å². The van der Waals surface area contributed by atoms with Crippen molar-refractivity contribution in [1.29, 1.82) is 0 Å². The molecule has 0 spiro atoms. The van der Waals surface area contributed by atoms with E-state index in [0.717, 1.165) is 54.0 Å². The van der Waals surface area contributed by atoms with Crippen LogP contribution in [0.5, 0.6) is 5.75 Å². The Morgan fingerprint density at radius 3 is 2.67 bits per heavy atom. The summed E-state index contributed by atoms with van der Waals surface area (Å²) in [6.07, 6.45) is 6.91. The van der Waals surface area contributed by atoms with Crippen LogP contribution < -0.4 is 4.74 Å². The van der Waals surface area contributed by atoms with E-state index in [9.17, 15) is 14.4 Å². The number of piperidine rings is 1. The zero-order chi connectivity index (χ0) is 25.1. The molecule has 0 aliphatic carbocycles. The molecule has 1 atom stereocenters. The predicted molar refractivity (Wildman–Crippen MR) is 142 cm³/mol. The van der Waals surface area contributed by atoms with Gasteiger partial charge in [-0.05, 0) is 62.2 Å². The highest BCUT2D eigenvalue weighted by atomic mass is 32.2. The number of hydrogen-bond acceptors (Lipinski definition) is 5. The number of ether oxygens (including phenoxy) is 1. The molecule has 186 valence electrons. The van der Waals surface area contributed by atoms with Crippen molar-refractivity contribution < 1.29 is 19.1 Å². The summed E-state index contributed by atoms with van der Waals surface area (Å²) in [6.45, 7) is 3.56. The second-order valence-electron chi connectivity index (χ2n) is 9.16. The van der Waals surface area contributed by atoms with Crippen molar-refractivity contribution in [3.05, 3.63) is 71.3 Å². The minimum absolute atomic E-state index is 0.105. The van der Waals surface area contributed by atoms with Gasteiger partial charge in [-0.2, -0.15) is 0 Å². The average Bonchev–Trinajstić information content (AvgIpc) is 3.36. The standard InChI is InChI=1S/C28H29N3O4S/c1-20-9-7-8-14-30(20)26(32)19-29-18-21(23-12-5-6-13-24(23)29)17-25-27(33)31(28(34)36-25)15-16-35-22-10-3-2-4-11-22/h2-6,10-13,17-18,20H,7-9,14-16,19H2,1H3/b25-17-/t20-/m0/s1. The van der Waals surface area contributed by atoms with E-state index < -0.39 is 0 Å². The van der Waals surface area contributed by atoms with Gasteiger partial charge in [0.25, 0.3) is 11.1 Å². The van der Waals surface area contributed by atoms with E-state index >= 15 is 0 Å². The van der Waals surface area contributed by atoms with E-state index in [0.29, 0.717) is 10.7 Å². The van der Waals surface area contributed by atoms with Crippen molar-refractivity contribution in [2.24, 2.45) is 0 Å². The highest BCUT2D eigenvalue weighted by molar-refractivity contribution is 8.18. The van der Waals surface area contributed by atoms with Crippen molar-refractivity contribution in [1.82, 2.24) is 14.4 Å². The molecule has 1 aromatic heterocycles. The molecule has 2 aliphatic rings. The maximum absolute atomic E-state index is 13.1. The summed E-state index contributed by atoms with van der Waals surface area (Å²) in [5.41, 5.74) is 1.74. The number of benzene rings is 2. The van der Waals surface area contributed by atoms with E-state index in [-0.39, 0.29) is 42.8 Å². The summed E-state index contributed by atoms with van der Waals surface area (Å²) in [6, 6.07) is 17.4. The molecule has 0 N–H and O–H groups in total. The molecule has 2 fully saturated rings. The molecule has 0 unspecified atom stereocenters. The largest absolute Gasteiger partial charge is 0.492 e. The molecule has 8 heteroatoms. The first-order valence-electron chi connectivity index (χ1n) is 12.3. The number of nitrogens with zero attached hydrogens (tertiary/aromatic N) is 3. The number of thioether (sulfide) groups is 1. The van der Waals surface area contributed by atoms with E-state index in [1.165, 1.54) is 4.90 Å². The van der Waals surface area contributed by atoms with Gasteiger partial charge in [-0.15, -0.1) is 0 Å². The van der Waals surface area contributed by atoms with Crippen LogP contribution in [0.2, 0.25) is 0 Å². The summed E-state index contributed by atoms with van der Waals surface area (Å²) in [5.74, 6) is 0.478. The monoisotopic (exact) mass is 503 g/mol. The Balaban J connectivity index is 1.33. The van der Waals surface area contributed by atoms with Crippen molar-refractivity contribution in [2.75, 3.05) is 19.7 Å². The van der Waals surface area contributed by atoms with Gasteiger partial charge in [0, 0.05) is 35.2 Å². The van der Waals surface area contributed by atoms with Crippen LogP contribution >= 0.6 is 11.8 Å². The third kappa shape index (κ3) is 5.04. The lowest BCUT2D eigenvalue weighted by molar-refractivity contribution is -0.135. The van der Waals surface area contributed by atoms with Crippen LogP contribution in [0.3, 0.4) is 0 Å². The Morgan fingerprint density at radius 2 is 1.86 bits per heavy atom. The average molecular weight is 504 g/mol. The van der Waals surface area contributed by atoms with Gasteiger partial charge in [0.05, 0.1) is 11.4 Å². The molecule has 3 amide bonds. The van der Waals surface area contributed by atoms with Crippen molar-refractivity contribution >= 4 is 45.8 Å². The fraction of sp³-hybridized carbons (Fsp3) is 0.321. The quantitative estimate of drug-likeness (QED) is 0.417. The first-order chi connectivity index (χ1) is 17.5. The van der Waals surface area contributed by atoms with Gasteiger partial charge >= 0.3 is 0 Å². The Bertz CT molecular complexity index is 1320. The van der Waals surface area contributed by atoms with Crippen LogP contribution in [-0.2, 0) is 16.1 Å². The molecular formula is C28H29N3O4S. The Kier molecular flexibility index (Phi) is 7.13. The molecule has 2 aliphatic heterocycles. The predicted octanol–water partition coefficient (Wildman–Crippen LogP) is 5.16. The Hall–Kier alpha value is -3.52. The summed E-state index contributed by atoms with van der Waals surface area (Å²) in [7, 11) is 0. The van der Waals surface area contributed by atoms with Crippen LogP contribution in [-0.4, -0.2) is 57.2 Å². The lowest BCUT2D eigenvalue weighted by Gasteiger charge is -2.33. The van der Waals surface area contributed by atoms with Gasteiger partial charge in [-0.3, -0.25) is 19.3 Å². The maximum Gasteiger partial charge on any atom is 0.293 e. The van der Waals surface area contributed by atoms with Crippen molar-refractivity contribution in [3.63, 3.8) is 0 Å². The number of carbonyl (C=O) groups excluding carboxylic acids is 3. The van der Waals surface area contributed by atoms with E-state index in [2.05, 4.69) is 6.92 Å². The molecule has 2 saturated heterocycles. The number of fused-ring (bicyclic) bond motifs is 1. The number of hydrogen-bond donors (Lipinski definition) is 0. The fourth-order valence-corrected chi connectivity index (χ4v) is 5.69. The van der Waals surface area contributed by atoms with E-state index in [1.54, 1.807) is 6.08 Å². The summed E-state index contributed by atoms with van der Waals surface area (Å²) < 4.78 is 7.61. The molecule has 3 aromatic rings. The number of rotatable bonds is 7. The van der Waals surface area contributed by atoms with Gasteiger partial charge < -0.3 is 14.2 Å². The zero-order valence-corrected chi connectivity index (χ0v) is 21.1. The molecule has 5 rings (SSSR count). The number of imide groups is 1. The third-order valence-electron chi connectivity index (χ3n) is 6.74. The molecule has 0 bridgehead atoms. The Labute approximate surface area is 214 Å². The number of aromatic nitrogens is 1. The van der Waals surface area contributed by atoms with Gasteiger partial charge in [0.2, 0.25) is 5.91 Å². The normalized spacial score (nSPS) is 19.5. The molecule has 7 nitrogen and oxygen atoms in total. The van der Waals surface area contributed by atoms with E-state index in [1.807, 2.05) is 70.3 Å². The van der Waals surface area contributed by atoms with Gasteiger partial charge in [-0.1, -0.05) is 36.4 Å². The highest BCUT2D eigenvalue weighted by Crippen LogP contribution is 2.34. The number of amides is 3. The number of likely N-dealkylation sites (tertiary alicyclic amines) is 1. The van der Waals surface area contributed by atoms with Crippen molar-refractivity contribution in [3.8, 4) is 5.75 Å². The smallest absolute Gasteiger partial charge is 0.293 e. The molecular weight excluding hydrogens is 474 g/mol. The number of carbonyl (C=O) groups is 3. The third-order valence-corrected chi connectivity index (χ3v) is 7.64. The zero-order valence-electron chi connectivity index (χ0n) is 20.3. The minimum atomic E-state index is -0.322. The number of para-hydroxylation sites is 2. The van der Waals surface area contributed by atoms with E-state index in [4.69, 9.17) is 4.74 Å². The summed E-state index contributed by atoms with van der Waals surface area (Å²) in [4.78, 5) is 42.2. The fourth-order valence-electron chi connectivity index (χ4n) is 4.83. The lowest BCUT2D eigenvalue weighted by atomic mass is 10.0. The topological polar surface area (TPSA) is 71.8 Å². The highest BCUT2D eigenvalue weighted by Gasteiger charge is 2.35.